The first-order valence-corrected chi connectivity index (χ1v) is 6.54. The largest absolute Gasteiger partial charge is 0.477 e. The van der Waals surface area contributed by atoms with Crippen molar-refractivity contribution in [2.24, 2.45) is 0 Å². The van der Waals surface area contributed by atoms with E-state index >= 15 is 0 Å². The molecule has 0 spiro atoms. The average Bonchev–Trinajstić information content (AvgIpc) is 2.91. The summed E-state index contributed by atoms with van der Waals surface area (Å²) in [5, 5.41) is 13.5. The zero-order valence-corrected chi connectivity index (χ0v) is 12.5. The van der Waals surface area contributed by atoms with Gasteiger partial charge >= 0.3 is 18.4 Å². The van der Waals surface area contributed by atoms with Crippen LogP contribution in [0.3, 0.4) is 0 Å². The molecule has 0 aliphatic rings. The maximum absolute atomic E-state index is 13.4. The summed E-state index contributed by atoms with van der Waals surface area (Å²) in [6, 6.07) is -3.18. The number of halogens is 8. The first-order chi connectivity index (χ1) is 11.7. The van der Waals surface area contributed by atoms with Crippen LogP contribution in [0.4, 0.5) is 40.8 Å². The zero-order valence-electron chi connectivity index (χ0n) is 12.5. The molecular formula is C13H7F8N3O2. The van der Waals surface area contributed by atoms with Gasteiger partial charge in [-0.25, -0.2) is 0 Å². The summed E-state index contributed by atoms with van der Waals surface area (Å²) in [4.78, 5) is 9.92. The minimum atomic E-state index is -6.32. The van der Waals surface area contributed by atoms with Gasteiger partial charge in [-0.15, -0.1) is 0 Å². The standard InChI is InChI=1S/C13H7F8N3O2/c1-6-4-7(2-3-9(6)24(25)26)8-5-10(11(14,15)16)23(22-8)13(20,21)12(17,18)19/h2-5H,1H3. The summed E-state index contributed by atoms with van der Waals surface area (Å²) < 4.78 is 101. The number of aromatic nitrogens is 2. The third-order valence-electron chi connectivity index (χ3n) is 3.30. The summed E-state index contributed by atoms with van der Waals surface area (Å²) in [6.07, 6.45) is -11.9. The normalized spacial score (nSPS) is 13.1. The van der Waals surface area contributed by atoms with Crippen LogP contribution in [0.25, 0.3) is 11.3 Å². The Morgan fingerprint density at radius 3 is 2.04 bits per heavy atom. The first-order valence-electron chi connectivity index (χ1n) is 6.54. The second-order valence-corrected chi connectivity index (χ2v) is 5.12. The molecule has 1 aromatic carbocycles. The lowest BCUT2D eigenvalue weighted by Crippen LogP contribution is -2.42. The maximum atomic E-state index is 13.4. The van der Waals surface area contributed by atoms with Gasteiger partial charge in [0.05, 0.1) is 10.6 Å². The number of rotatable bonds is 3. The Balaban J connectivity index is 2.67. The van der Waals surface area contributed by atoms with Crippen LogP contribution in [0.5, 0.6) is 0 Å². The predicted molar refractivity (Wildman–Crippen MR) is 70.3 cm³/mol. The van der Waals surface area contributed by atoms with Crippen molar-refractivity contribution in [3.8, 4) is 11.3 Å². The Labute approximate surface area is 139 Å². The number of benzene rings is 1. The summed E-state index contributed by atoms with van der Waals surface area (Å²) in [7, 11) is 0. The SMILES string of the molecule is Cc1cc(-c2cc(C(F)(F)F)n(C(F)(F)C(F)(F)F)n2)ccc1[N+](=O)[O-]. The number of aryl methyl sites for hydroxylation is 1. The topological polar surface area (TPSA) is 61.0 Å². The van der Waals surface area contributed by atoms with Crippen molar-refractivity contribution in [3.05, 3.63) is 45.6 Å². The fourth-order valence-electron chi connectivity index (χ4n) is 2.08. The highest BCUT2D eigenvalue weighted by Crippen LogP contribution is 2.44. The van der Waals surface area contributed by atoms with Gasteiger partial charge in [-0.3, -0.25) is 10.1 Å². The van der Waals surface area contributed by atoms with Crippen LogP contribution in [-0.4, -0.2) is 20.9 Å². The summed E-state index contributed by atoms with van der Waals surface area (Å²) >= 11 is 0. The minimum Gasteiger partial charge on any atom is -0.258 e. The molecule has 2 rings (SSSR count). The zero-order chi connectivity index (χ0) is 20.1. The maximum Gasteiger partial charge on any atom is 0.477 e. The Kier molecular flexibility index (Phi) is 4.46. The minimum absolute atomic E-state index is 0.0141. The molecule has 0 radical (unpaired) electrons. The van der Waals surface area contributed by atoms with E-state index in [1.54, 1.807) is 0 Å². The van der Waals surface area contributed by atoms with E-state index in [2.05, 4.69) is 5.10 Å². The van der Waals surface area contributed by atoms with Crippen molar-refractivity contribution < 1.29 is 40.0 Å². The van der Waals surface area contributed by atoms with Gasteiger partial charge in [0.15, 0.2) is 0 Å². The number of hydrogen-bond acceptors (Lipinski definition) is 3. The molecule has 26 heavy (non-hydrogen) atoms. The van der Waals surface area contributed by atoms with Crippen molar-refractivity contribution >= 4 is 5.69 Å². The Morgan fingerprint density at radius 1 is 1.04 bits per heavy atom. The highest BCUT2D eigenvalue weighted by molar-refractivity contribution is 5.63. The van der Waals surface area contributed by atoms with E-state index in [1.807, 2.05) is 0 Å². The Morgan fingerprint density at radius 2 is 1.62 bits per heavy atom. The van der Waals surface area contributed by atoms with Crippen LogP contribution in [0.1, 0.15) is 11.3 Å². The molecule has 2 aromatic rings. The summed E-state index contributed by atoms with van der Waals surface area (Å²) in [5.74, 6) is 0. The highest BCUT2D eigenvalue weighted by atomic mass is 19.4. The molecule has 0 saturated heterocycles. The second kappa shape index (κ2) is 5.92. The molecule has 13 heteroatoms. The number of nitro groups is 1. The smallest absolute Gasteiger partial charge is 0.258 e. The van der Waals surface area contributed by atoms with Gasteiger partial charge in [0.1, 0.15) is 5.69 Å². The molecule has 0 atom stereocenters. The van der Waals surface area contributed by atoms with Gasteiger partial charge in [-0.05, 0) is 25.1 Å². The quantitative estimate of drug-likeness (QED) is 0.426. The van der Waals surface area contributed by atoms with Gasteiger partial charge in [0.2, 0.25) is 0 Å². The molecule has 1 aromatic heterocycles. The highest BCUT2D eigenvalue weighted by Gasteiger charge is 2.62. The van der Waals surface area contributed by atoms with Crippen molar-refractivity contribution in [3.63, 3.8) is 0 Å². The van der Waals surface area contributed by atoms with Gasteiger partial charge in [0.25, 0.3) is 5.69 Å². The average molecular weight is 389 g/mol. The molecule has 0 fully saturated rings. The van der Waals surface area contributed by atoms with E-state index in [9.17, 15) is 45.2 Å². The lowest BCUT2D eigenvalue weighted by molar-refractivity contribution is -0.385. The number of alkyl halides is 8. The van der Waals surface area contributed by atoms with E-state index < -0.39 is 45.1 Å². The molecule has 1 heterocycles. The van der Waals surface area contributed by atoms with Crippen molar-refractivity contribution in [1.82, 2.24) is 9.78 Å². The molecular weight excluding hydrogens is 382 g/mol. The van der Waals surface area contributed by atoms with Crippen LogP contribution < -0.4 is 0 Å². The fraction of sp³-hybridized carbons (Fsp3) is 0.308. The molecule has 0 unspecified atom stereocenters. The molecule has 0 bridgehead atoms. The van der Waals surface area contributed by atoms with Crippen LogP contribution in [0, 0.1) is 17.0 Å². The molecule has 142 valence electrons. The Bertz CT molecular complexity index is 854. The number of nitro benzene ring substituents is 1. The third-order valence-corrected chi connectivity index (χ3v) is 3.30. The van der Waals surface area contributed by atoms with E-state index in [1.165, 1.54) is 6.92 Å². The van der Waals surface area contributed by atoms with Gasteiger partial charge < -0.3 is 0 Å². The van der Waals surface area contributed by atoms with Crippen molar-refractivity contribution in [2.75, 3.05) is 0 Å². The van der Waals surface area contributed by atoms with E-state index in [-0.39, 0.29) is 17.2 Å². The Hall–Kier alpha value is -2.73. The third kappa shape index (κ3) is 3.32. The van der Waals surface area contributed by atoms with Crippen LogP contribution in [0.2, 0.25) is 0 Å². The second-order valence-electron chi connectivity index (χ2n) is 5.12. The van der Waals surface area contributed by atoms with E-state index in [0.717, 1.165) is 18.2 Å². The lowest BCUT2D eigenvalue weighted by atomic mass is 10.1. The van der Waals surface area contributed by atoms with Crippen LogP contribution in [0.15, 0.2) is 24.3 Å². The van der Waals surface area contributed by atoms with E-state index in [4.69, 9.17) is 0 Å². The summed E-state index contributed by atoms with van der Waals surface area (Å²) in [6.45, 7) is 1.22. The monoisotopic (exact) mass is 389 g/mol. The van der Waals surface area contributed by atoms with Crippen LogP contribution in [-0.2, 0) is 12.2 Å². The van der Waals surface area contributed by atoms with Gasteiger partial charge in [0, 0.05) is 17.2 Å². The molecule has 0 aliphatic carbocycles. The molecule has 0 aliphatic heterocycles. The lowest BCUT2D eigenvalue weighted by Gasteiger charge is -2.22. The van der Waals surface area contributed by atoms with Gasteiger partial charge in [-0.1, -0.05) is 0 Å². The summed E-state index contributed by atoms with van der Waals surface area (Å²) in [5.41, 5.74) is -3.91. The number of hydrogen-bond donors (Lipinski definition) is 0. The first kappa shape index (κ1) is 19.6. The van der Waals surface area contributed by atoms with Crippen molar-refractivity contribution in [2.45, 2.75) is 25.3 Å². The predicted octanol–water partition coefficient (Wildman–Crippen LogP) is 4.90. The van der Waals surface area contributed by atoms with Crippen molar-refractivity contribution in [1.29, 1.82) is 0 Å². The molecule has 0 N–H and O–H groups in total. The fourth-order valence-corrected chi connectivity index (χ4v) is 2.08. The molecule has 0 saturated carbocycles. The number of nitrogens with zero attached hydrogens (tertiary/aromatic N) is 3. The van der Waals surface area contributed by atoms with Gasteiger partial charge in [-0.2, -0.15) is 44.9 Å². The molecule has 0 amide bonds. The van der Waals surface area contributed by atoms with Crippen LogP contribution >= 0.6 is 0 Å². The molecule has 5 nitrogen and oxygen atoms in total. The van der Waals surface area contributed by atoms with E-state index in [0.29, 0.717) is 0 Å².